The summed E-state index contributed by atoms with van der Waals surface area (Å²) in [7, 11) is -2.04. The number of rotatable bonds is 3. The van der Waals surface area contributed by atoms with Crippen molar-refractivity contribution in [3.8, 4) is 0 Å². The second-order valence-electron chi connectivity index (χ2n) is 4.03. The van der Waals surface area contributed by atoms with Crippen LogP contribution in [0.1, 0.15) is 19.8 Å². The van der Waals surface area contributed by atoms with E-state index in [-0.39, 0.29) is 0 Å². The van der Waals surface area contributed by atoms with Gasteiger partial charge in [0.25, 0.3) is 0 Å². The number of hydrogen-bond donors (Lipinski definition) is 0. The van der Waals surface area contributed by atoms with Crippen molar-refractivity contribution >= 4 is 35.4 Å². The van der Waals surface area contributed by atoms with Crippen molar-refractivity contribution in [1.29, 1.82) is 0 Å². The van der Waals surface area contributed by atoms with Crippen LogP contribution >= 0.6 is 0 Å². The second kappa shape index (κ2) is 5.91. The second-order valence-corrected chi connectivity index (χ2v) is 13.0. The van der Waals surface area contributed by atoms with Crippen LogP contribution in [0.4, 0.5) is 0 Å². The summed E-state index contributed by atoms with van der Waals surface area (Å²) in [6.45, 7) is 2.31. The molecule has 0 fully saturated rings. The third-order valence-electron chi connectivity index (χ3n) is 2.68. The minimum atomic E-state index is -2.04. The third kappa shape index (κ3) is 4.16. The predicted octanol–water partition coefficient (Wildman–Crippen LogP) is 2.46. The Morgan fingerprint density at radius 1 is 1.40 bits per heavy atom. The van der Waals surface area contributed by atoms with Crippen LogP contribution in [0.15, 0.2) is 23.8 Å². The van der Waals surface area contributed by atoms with Gasteiger partial charge in [-0.3, -0.25) is 0 Å². The molecule has 0 aliphatic heterocycles. The van der Waals surface area contributed by atoms with Crippen molar-refractivity contribution < 1.29 is 8.42 Å². The first kappa shape index (κ1) is 13.1. The van der Waals surface area contributed by atoms with Crippen molar-refractivity contribution in [2.75, 3.05) is 0 Å². The summed E-state index contributed by atoms with van der Waals surface area (Å²) in [5, 5.41) is 0. The fourth-order valence-corrected chi connectivity index (χ4v) is 3.41. The predicted molar refractivity (Wildman–Crippen MR) is 67.3 cm³/mol. The van der Waals surface area contributed by atoms with Gasteiger partial charge in [0.05, 0.1) is 0 Å². The van der Waals surface area contributed by atoms with Crippen molar-refractivity contribution in [2.45, 2.75) is 33.4 Å². The van der Waals surface area contributed by atoms with E-state index in [1.165, 1.54) is 5.57 Å². The topological polar surface area (TPSA) is 34.1 Å². The van der Waals surface area contributed by atoms with Crippen molar-refractivity contribution in [3.05, 3.63) is 23.8 Å². The molecule has 1 unspecified atom stereocenters. The molecule has 1 rings (SSSR count). The van der Waals surface area contributed by atoms with E-state index in [9.17, 15) is 8.42 Å². The molecular formula is C11H17O2SSb. The molecular weight excluding hydrogens is 318 g/mol. The van der Waals surface area contributed by atoms with Gasteiger partial charge in [0, 0.05) is 0 Å². The van der Waals surface area contributed by atoms with E-state index >= 15 is 0 Å². The van der Waals surface area contributed by atoms with Crippen LogP contribution in [0.25, 0.3) is 0 Å². The zero-order valence-electron chi connectivity index (χ0n) is 9.40. The summed E-state index contributed by atoms with van der Waals surface area (Å²) in [4.78, 5) is 5.28. The summed E-state index contributed by atoms with van der Waals surface area (Å²) in [6, 6.07) is 0. The van der Waals surface area contributed by atoms with Gasteiger partial charge in [-0.15, -0.1) is 0 Å². The Morgan fingerprint density at radius 3 is 2.47 bits per heavy atom. The first-order valence-electron chi connectivity index (χ1n) is 4.99. The molecule has 1 aliphatic rings. The van der Waals surface area contributed by atoms with E-state index in [1.54, 1.807) is 6.08 Å². The molecule has 0 radical (unpaired) electrons. The molecule has 0 aromatic carbocycles. The summed E-state index contributed by atoms with van der Waals surface area (Å²) < 4.78 is 22.2. The van der Waals surface area contributed by atoms with Crippen LogP contribution in [-0.2, 0) is 10.3 Å². The quantitative estimate of drug-likeness (QED) is 0.587. The zero-order chi connectivity index (χ0) is 11.4. The van der Waals surface area contributed by atoms with Crippen molar-refractivity contribution in [1.82, 2.24) is 0 Å². The van der Waals surface area contributed by atoms with Crippen LogP contribution in [0, 0.1) is 0 Å². The van der Waals surface area contributed by atoms with Gasteiger partial charge in [-0.05, 0) is 0 Å². The van der Waals surface area contributed by atoms with Crippen LogP contribution < -0.4 is 0 Å². The standard InChI is InChI=1S/C9H11O2S.2CH3.Sb/c1-2-3-8-4-6-9(7-5-8)12(10)11;;;/h2,4-6H,3,7H2,1H3;2*1H3;. The van der Waals surface area contributed by atoms with Gasteiger partial charge < -0.3 is 0 Å². The molecule has 0 heterocycles. The summed E-state index contributed by atoms with van der Waals surface area (Å²) in [5.74, 6) is 0. The Morgan fingerprint density at radius 2 is 2.07 bits per heavy atom. The van der Waals surface area contributed by atoms with E-state index in [2.05, 4.69) is 16.7 Å². The van der Waals surface area contributed by atoms with Gasteiger partial charge >= 0.3 is 101 Å². The van der Waals surface area contributed by atoms with Crippen molar-refractivity contribution in [2.24, 2.45) is 0 Å². The third-order valence-corrected chi connectivity index (χ3v) is 8.96. The number of allylic oxidation sites excluding steroid dienone is 4. The van der Waals surface area contributed by atoms with E-state index < -0.39 is 30.5 Å². The first-order chi connectivity index (χ1) is 7.00. The molecule has 1 atom stereocenters. The Bertz CT molecular complexity index is 408. The molecule has 0 saturated carbocycles. The van der Waals surface area contributed by atoms with Gasteiger partial charge in [-0.1, -0.05) is 0 Å². The zero-order valence-corrected chi connectivity index (χ0v) is 12.8. The molecule has 2 nitrogen and oxygen atoms in total. The van der Waals surface area contributed by atoms with Gasteiger partial charge in [-0.25, -0.2) is 0 Å². The normalized spacial score (nSPS) is 17.9. The molecule has 15 heavy (non-hydrogen) atoms. The average Bonchev–Trinajstić information content (AvgIpc) is 2.18. The molecule has 0 aromatic rings. The maximum atomic E-state index is 10.7. The Labute approximate surface area is 101 Å². The van der Waals surface area contributed by atoms with Crippen LogP contribution in [0.3, 0.4) is 0 Å². The summed E-state index contributed by atoms with van der Waals surface area (Å²) >= 11 is -0.971. The van der Waals surface area contributed by atoms with Gasteiger partial charge in [0.15, 0.2) is 0 Å². The Kier molecular flexibility index (Phi) is 5.14. The summed E-state index contributed by atoms with van der Waals surface area (Å²) in [5.41, 5.74) is 1.30. The van der Waals surface area contributed by atoms with Gasteiger partial charge in [0.1, 0.15) is 0 Å². The molecule has 0 saturated heterocycles. The molecule has 0 bridgehead atoms. The van der Waals surface area contributed by atoms with E-state index in [1.807, 2.05) is 12.2 Å². The molecule has 1 aliphatic carbocycles. The average molecular weight is 335 g/mol. The fourth-order valence-electron chi connectivity index (χ4n) is 1.37. The van der Waals surface area contributed by atoms with Gasteiger partial charge in [-0.2, -0.15) is 0 Å². The molecule has 4 heteroatoms. The Balaban J connectivity index is 2.64. The van der Waals surface area contributed by atoms with Crippen LogP contribution in [0.2, 0.25) is 13.6 Å². The monoisotopic (exact) mass is 334 g/mol. The van der Waals surface area contributed by atoms with Crippen LogP contribution in [-0.4, -0.2) is 33.5 Å². The molecule has 0 aromatic heterocycles. The van der Waals surface area contributed by atoms with Crippen LogP contribution in [0.5, 0.6) is 0 Å². The molecule has 0 spiro atoms. The minimum absolute atomic E-state index is 0.497. The van der Waals surface area contributed by atoms with Gasteiger partial charge in [0.2, 0.25) is 0 Å². The SMILES string of the molecule is C[CH](CC1=CCC(=S(=O)=O)C=C1)[Sb]([CH3])[CH3]. The van der Waals surface area contributed by atoms with Crippen molar-refractivity contribution in [3.63, 3.8) is 0 Å². The molecule has 84 valence electrons. The summed E-state index contributed by atoms with van der Waals surface area (Å²) in [6.07, 6.45) is 7.42. The fraction of sp³-hybridized carbons (Fsp3) is 0.545. The maximum absolute atomic E-state index is 10.7. The molecule has 0 N–H and O–H groups in total. The van der Waals surface area contributed by atoms with E-state index in [4.69, 9.17) is 0 Å². The first-order valence-corrected chi connectivity index (χ1v) is 12.6. The number of hydrogen-bond acceptors (Lipinski definition) is 2. The van der Waals surface area contributed by atoms with E-state index in [0.717, 1.165) is 10.3 Å². The Hall–Kier alpha value is -0.0118. The van der Waals surface area contributed by atoms with E-state index in [0.29, 0.717) is 11.3 Å². The molecule has 0 amide bonds.